The van der Waals surface area contributed by atoms with E-state index in [0.717, 1.165) is 5.56 Å². The fourth-order valence-corrected chi connectivity index (χ4v) is 2.70. The van der Waals surface area contributed by atoms with Gasteiger partial charge in [-0.15, -0.1) is 0 Å². The van der Waals surface area contributed by atoms with Gasteiger partial charge in [-0.25, -0.2) is 4.79 Å². The number of rotatable bonds is 5. The van der Waals surface area contributed by atoms with Gasteiger partial charge in [0.2, 0.25) is 0 Å². The molecule has 0 aliphatic rings. The van der Waals surface area contributed by atoms with Gasteiger partial charge in [0.15, 0.2) is 6.61 Å². The van der Waals surface area contributed by atoms with Crippen molar-refractivity contribution in [2.24, 2.45) is 0 Å². The van der Waals surface area contributed by atoms with Gasteiger partial charge in [-0.2, -0.15) is 11.3 Å². The second-order valence-corrected chi connectivity index (χ2v) is 5.86. The van der Waals surface area contributed by atoms with Gasteiger partial charge < -0.3 is 10.1 Å². The summed E-state index contributed by atoms with van der Waals surface area (Å²) in [5.74, 6) is -1.07. The molecule has 0 fully saturated rings. The molecule has 2 rings (SSSR count). The van der Waals surface area contributed by atoms with Gasteiger partial charge in [0.1, 0.15) is 0 Å². The van der Waals surface area contributed by atoms with E-state index in [1.807, 2.05) is 16.8 Å². The summed E-state index contributed by atoms with van der Waals surface area (Å²) in [6, 6.07) is 6.51. The molecular formula is C15H11Cl2NO3S. The number of halogens is 2. The Morgan fingerprint density at radius 2 is 1.95 bits per heavy atom. The van der Waals surface area contributed by atoms with Crippen LogP contribution in [0, 0.1) is 0 Å². The Morgan fingerprint density at radius 1 is 1.23 bits per heavy atom. The summed E-state index contributed by atoms with van der Waals surface area (Å²) in [5.41, 5.74) is 1.34. The molecule has 0 unspecified atom stereocenters. The number of ether oxygens (including phenoxy) is 1. The number of hydrogen-bond donors (Lipinski definition) is 1. The molecule has 0 radical (unpaired) electrons. The van der Waals surface area contributed by atoms with Gasteiger partial charge in [-0.05, 0) is 46.7 Å². The average molecular weight is 356 g/mol. The number of amides is 1. The van der Waals surface area contributed by atoms with E-state index in [1.165, 1.54) is 17.4 Å². The second-order valence-electron chi connectivity index (χ2n) is 4.20. The Labute approximate surface area is 141 Å². The highest BCUT2D eigenvalue weighted by Gasteiger charge is 2.07. The van der Waals surface area contributed by atoms with E-state index in [0.29, 0.717) is 15.7 Å². The maximum atomic E-state index is 11.7. The van der Waals surface area contributed by atoms with Gasteiger partial charge >= 0.3 is 5.97 Å². The average Bonchev–Trinajstić information content (AvgIpc) is 2.95. The lowest BCUT2D eigenvalue weighted by molar-refractivity contribution is -0.142. The fraction of sp³-hybridized carbons (Fsp3) is 0.0667. The van der Waals surface area contributed by atoms with Crippen LogP contribution < -0.4 is 5.32 Å². The molecule has 114 valence electrons. The molecule has 1 aromatic carbocycles. The van der Waals surface area contributed by atoms with Crippen LogP contribution in [-0.4, -0.2) is 18.5 Å². The van der Waals surface area contributed by atoms with Gasteiger partial charge in [-0.1, -0.05) is 23.2 Å². The maximum absolute atomic E-state index is 11.7. The molecule has 1 aromatic heterocycles. The number of nitrogens with one attached hydrogen (secondary N) is 1. The molecule has 0 spiro atoms. The lowest BCUT2D eigenvalue weighted by Crippen LogP contribution is -2.20. The van der Waals surface area contributed by atoms with Gasteiger partial charge in [-0.3, -0.25) is 4.79 Å². The highest BCUT2D eigenvalue weighted by Crippen LogP contribution is 2.22. The lowest BCUT2D eigenvalue weighted by Gasteiger charge is -2.06. The molecule has 7 heteroatoms. The Morgan fingerprint density at radius 3 is 2.59 bits per heavy atom. The van der Waals surface area contributed by atoms with E-state index in [4.69, 9.17) is 27.9 Å². The first-order valence-electron chi connectivity index (χ1n) is 6.16. The lowest BCUT2D eigenvalue weighted by atomic mass is 10.3. The monoisotopic (exact) mass is 355 g/mol. The number of hydrogen-bond acceptors (Lipinski definition) is 4. The van der Waals surface area contributed by atoms with Crippen LogP contribution in [0.15, 0.2) is 41.1 Å². The molecule has 1 amide bonds. The highest BCUT2D eigenvalue weighted by molar-refractivity contribution is 7.08. The van der Waals surface area contributed by atoms with Gasteiger partial charge in [0.25, 0.3) is 5.91 Å². The van der Waals surface area contributed by atoms with E-state index < -0.39 is 18.5 Å². The van der Waals surface area contributed by atoms with E-state index >= 15 is 0 Å². The van der Waals surface area contributed by atoms with Gasteiger partial charge in [0.05, 0.1) is 0 Å². The molecule has 2 aromatic rings. The van der Waals surface area contributed by atoms with Crippen LogP contribution in [0.3, 0.4) is 0 Å². The zero-order valence-electron chi connectivity index (χ0n) is 11.2. The summed E-state index contributed by atoms with van der Waals surface area (Å²) in [7, 11) is 0. The minimum absolute atomic E-state index is 0.392. The minimum atomic E-state index is -0.592. The van der Waals surface area contributed by atoms with Crippen LogP contribution in [0.5, 0.6) is 0 Å². The molecule has 0 saturated carbocycles. The topological polar surface area (TPSA) is 55.4 Å². The van der Waals surface area contributed by atoms with Crippen LogP contribution in [0.25, 0.3) is 6.08 Å². The Kier molecular flexibility index (Phi) is 6.00. The quantitative estimate of drug-likeness (QED) is 0.644. The van der Waals surface area contributed by atoms with Crippen molar-refractivity contribution < 1.29 is 14.3 Å². The third-order valence-electron chi connectivity index (χ3n) is 2.45. The van der Waals surface area contributed by atoms with Crippen molar-refractivity contribution in [3.05, 3.63) is 56.7 Å². The van der Waals surface area contributed by atoms with Gasteiger partial charge in [0, 0.05) is 21.8 Å². The summed E-state index contributed by atoms with van der Waals surface area (Å²) in [5, 5.41) is 7.13. The van der Waals surface area contributed by atoms with Crippen molar-refractivity contribution in [3.63, 3.8) is 0 Å². The molecule has 0 atom stereocenters. The molecule has 22 heavy (non-hydrogen) atoms. The first kappa shape index (κ1) is 16.5. The summed E-state index contributed by atoms with van der Waals surface area (Å²) in [6.07, 6.45) is 2.89. The zero-order chi connectivity index (χ0) is 15.9. The van der Waals surface area contributed by atoms with E-state index in [1.54, 1.807) is 24.3 Å². The van der Waals surface area contributed by atoms with E-state index in [9.17, 15) is 9.59 Å². The fourth-order valence-electron chi connectivity index (χ4n) is 1.54. The summed E-state index contributed by atoms with van der Waals surface area (Å²) >= 11 is 13.2. The van der Waals surface area contributed by atoms with Crippen molar-refractivity contribution in [1.82, 2.24) is 0 Å². The Hall–Kier alpha value is -1.82. The van der Waals surface area contributed by atoms with Crippen LogP contribution in [0.1, 0.15) is 5.56 Å². The van der Waals surface area contributed by atoms with Crippen molar-refractivity contribution >= 4 is 58.2 Å². The molecule has 1 heterocycles. The van der Waals surface area contributed by atoms with Crippen LogP contribution >= 0.6 is 34.5 Å². The SMILES string of the molecule is O=C(COC(=O)/C=C/c1ccsc1)Nc1cc(Cl)cc(Cl)c1. The molecule has 1 N–H and O–H groups in total. The molecule has 0 bridgehead atoms. The Balaban J connectivity index is 1.81. The third kappa shape index (κ3) is 5.52. The summed E-state index contributed by atoms with van der Waals surface area (Å²) < 4.78 is 4.83. The Bertz CT molecular complexity index is 679. The highest BCUT2D eigenvalue weighted by atomic mass is 35.5. The number of benzene rings is 1. The minimum Gasteiger partial charge on any atom is -0.452 e. The number of anilines is 1. The second kappa shape index (κ2) is 7.98. The van der Waals surface area contributed by atoms with Crippen LogP contribution in [-0.2, 0) is 14.3 Å². The molecule has 0 aliphatic carbocycles. The first-order valence-corrected chi connectivity index (χ1v) is 7.86. The normalized spacial score (nSPS) is 10.6. The number of esters is 1. The molecule has 0 aliphatic heterocycles. The van der Waals surface area contributed by atoms with Crippen LogP contribution in [0.2, 0.25) is 10.0 Å². The zero-order valence-corrected chi connectivity index (χ0v) is 13.5. The molecular weight excluding hydrogens is 345 g/mol. The van der Waals surface area contributed by atoms with Crippen LogP contribution in [0.4, 0.5) is 5.69 Å². The number of thiophene rings is 1. The number of carbonyl (C=O) groups excluding carboxylic acids is 2. The third-order valence-corrected chi connectivity index (χ3v) is 3.58. The van der Waals surface area contributed by atoms with Crippen molar-refractivity contribution in [2.75, 3.05) is 11.9 Å². The first-order chi connectivity index (χ1) is 10.5. The summed E-state index contributed by atoms with van der Waals surface area (Å²) in [6.45, 7) is -0.392. The molecule has 0 saturated heterocycles. The maximum Gasteiger partial charge on any atom is 0.331 e. The largest absolute Gasteiger partial charge is 0.452 e. The van der Waals surface area contributed by atoms with Crippen molar-refractivity contribution in [2.45, 2.75) is 0 Å². The van der Waals surface area contributed by atoms with E-state index in [2.05, 4.69) is 5.32 Å². The molecule has 4 nitrogen and oxygen atoms in total. The van der Waals surface area contributed by atoms with Crippen molar-refractivity contribution in [3.8, 4) is 0 Å². The summed E-state index contributed by atoms with van der Waals surface area (Å²) in [4.78, 5) is 23.2. The number of carbonyl (C=O) groups is 2. The predicted octanol–water partition coefficient (Wildman–Crippen LogP) is 4.25. The standard InChI is InChI=1S/C15H11Cl2NO3S/c16-11-5-12(17)7-13(6-11)18-14(19)8-21-15(20)2-1-10-3-4-22-9-10/h1-7,9H,8H2,(H,18,19)/b2-1+. The predicted molar refractivity (Wildman–Crippen MR) is 89.4 cm³/mol. The van der Waals surface area contributed by atoms with E-state index in [-0.39, 0.29) is 0 Å². The smallest absolute Gasteiger partial charge is 0.331 e. The van der Waals surface area contributed by atoms with Crippen molar-refractivity contribution in [1.29, 1.82) is 0 Å².